The van der Waals surface area contributed by atoms with Crippen LogP contribution in [0.1, 0.15) is 37.6 Å². The third-order valence-electron chi connectivity index (χ3n) is 2.81. The summed E-state index contributed by atoms with van der Waals surface area (Å²) >= 11 is 1.92. The lowest BCUT2D eigenvalue weighted by molar-refractivity contribution is -0.255. The highest BCUT2D eigenvalue weighted by molar-refractivity contribution is 14.1. The second-order valence-corrected chi connectivity index (χ2v) is 5.72. The summed E-state index contributed by atoms with van der Waals surface area (Å²) in [5.74, 6) is -1.21. The maximum Gasteiger partial charge on any atom is 0.316 e. The third kappa shape index (κ3) is 3.44. The van der Waals surface area contributed by atoms with Crippen molar-refractivity contribution in [3.63, 3.8) is 0 Å². The molecule has 0 aliphatic rings. The zero-order valence-corrected chi connectivity index (χ0v) is 12.6. The van der Waals surface area contributed by atoms with Crippen LogP contribution < -0.4 is 9.84 Å². The van der Waals surface area contributed by atoms with Crippen molar-refractivity contribution in [1.82, 2.24) is 0 Å². The number of halogens is 1. The van der Waals surface area contributed by atoms with Crippen molar-refractivity contribution in [3.8, 4) is 5.75 Å². The quantitative estimate of drug-likeness (QED) is 0.468. The summed E-state index contributed by atoms with van der Waals surface area (Å²) < 4.78 is 5.84. The summed E-state index contributed by atoms with van der Waals surface area (Å²) in [6, 6.07) is 4.24. The average molecular weight is 361 g/mol. The molecule has 0 fully saturated rings. The van der Waals surface area contributed by atoms with E-state index < -0.39 is 11.4 Å². The summed E-state index contributed by atoms with van der Waals surface area (Å²) in [5, 5.41) is 10.7. The van der Waals surface area contributed by atoms with Gasteiger partial charge in [-0.1, -0.05) is 6.92 Å². The number of rotatable bonds is 4. The third-order valence-corrected chi connectivity index (χ3v) is 3.65. The van der Waals surface area contributed by atoms with Crippen molar-refractivity contribution in [3.05, 3.63) is 27.3 Å². The molecule has 1 aromatic carbocycles. The van der Waals surface area contributed by atoms with Crippen LogP contribution in [-0.2, 0) is 4.79 Å². The van der Waals surface area contributed by atoms with E-state index in [9.17, 15) is 14.7 Å². The molecule has 0 spiro atoms. The number of hydrogen-bond donors (Lipinski definition) is 0. The van der Waals surface area contributed by atoms with Gasteiger partial charge in [-0.05, 0) is 66.6 Å². The summed E-state index contributed by atoms with van der Waals surface area (Å²) in [4.78, 5) is 22.6. The second kappa shape index (κ2) is 5.69. The van der Waals surface area contributed by atoms with E-state index >= 15 is 0 Å². The summed E-state index contributed by atoms with van der Waals surface area (Å²) in [5.41, 5.74) is -0.496. The molecule has 0 unspecified atom stereocenters. The number of carbonyl (C=O) groups excluding carboxylic acids is 2. The molecule has 18 heavy (non-hydrogen) atoms. The van der Waals surface area contributed by atoms with Gasteiger partial charge in [0, 0.05) is 0 Å². The van der Waals surface area contributed by atoms with E-state index in [1.807, 2.05) is 29.5 Å². The molecule has 0 bridgehead atoms. The fourth-order valence-electron chi connectivity index (χ4n) is 1.09. The molecule has 98 valence electrons. The van der Waals surface area contributed by atoms with Crippen LogP contribution in [0.15, 0.2) is 18.2 Å². The van der Waals surface area contributed by atoms with Crippen molar-refractivity contribution in [2.24, 2.45) is 5.41 Å². The second-order valence-electron chi connectivity index (χ2n) is 4.56. The zero-order valence-electron chi connectivity index (χ0n) is 10.5. The molecule has 0 amide bonds. The van der Waals surface area contributed by atoms with E-state index in [-0.39, 0.29) is 11.5 Å². The molecule has 0 atom stereocenters. The SMILES string of the molecule is CCC(C)(C)C(=O)Oc1ccc(C(=O)[O-])cc1I. The van der Waals surface area contributed by atoms with Gasteiger partial charge in [-0.25, -0.2) is 0 Å². The van der Waals surface area contributed by atoms with Crippen LogP contribution in [-0.4, -0.2) is 11.9 Å². The molecule has 0 aliphatic carbocycles. The number of carboxylic acid groups (broad SMARTS) is 1. The van der Waals surface area contributed by atoms with Crippen molar-refractivity contribution in [2.75, 3.05) is 0 Å². The Morgan fingerprint density at radius 2 is 2.00 bits per heavy atom. The molecule has 0 aliphatic heterocycles. The zero-order chi connectivity index (χ0) is 13.9. The fourth-order valence-corrected chi connectivity index (χ4v) is 1.72. The van der Waals surface area contributed by atoms with Crippen LogP contribution in [0.3, 0.4) is 0 Å². The Bertz CT molecular complexity index is 480. The van der Waals surface area contributed by atoms with Crippen LogP contribution in [0.25, 0.3) is 0 Å². The Kier molecular flexibility index (Phi) is 4.72. The maximum atomic E-state index is 11.9. The largest absolute Gasteiger partial charge is 0.545 e. The van der Waals surface area contributed by atoms with Crippen LogP contribution in [0.4, 0.5) is 0 Å². The van der Waals surface area contributed by atoms with Gasteiger partial charge >= 0.3 is 5.97 Å². The van der Waals surface area contributed by atoms with Gasteiger partial charge in [-0.2, -0.15) is 0 Å². The van der Waals surface area contributed by atoms with Crippen LogP contribution in [0.2, 0.25) is 0 Å². The molecule has 0 N–H and O–H groups in total. The number of carbonyl (C=O) groups is 2. The van der Waals surface area contributed by atoms with E-state index in [1.54, 1.807) is 13.8 Å². The molecule has 0 saturated heterocycles. The highest BCUT2D eigenvalue weighted by Gasteiger charge is 2.28. The predicted octanol–water partition coefficient (Wildman–Crippen LogP) is 2.00. The number of aromatic carboxylic acids is 1. The lowest BCUT2D eigenvalue weighted by Crippen LogP contribution is -2.28. The maximum absolute atomic E-state index is 11.9. The first-order valence-electron chi connectivity index (χ1n) is 5.51. The number of carboxylic acids is 1. The molecule has 0 aromatic heterocycles. The predicted molar refractivity (Wildman–Crippen MR) is 73.2 cm³/mol. The van der Waals surface area contributed by atoms with E-state index in [1.165, 1.54) is 18.2 Å². The molecule has 1 aromatic rings. The van der Waals surface area contributed by atoms with Gasteiger partial charge in [0.1, 0.15) is 5.75 Å². The van der Waals surface area contributed by atoms with E-state index in [2.05, 4.69) is 0 Å². The van der Waals surface area contributed by atoms with Crippen molar-refractivity contribution >= 4 is 34.5 Å². The summed E-state index contributed by atoms with van der Waals surface area (Å²) in [6.07, 6.45) is 0.666. The fraction of sp³-hybridized carbons (Fsp3) is 0.385. The summed E-state index contributed by atoms with van der Waals surface area (Å²) in [6.45, 7) is 5.51. The Morgan fingerprint density at radius 3 is 2.44 bits per heavy atom. The first-order chi connectivity index (χ1) is 8.27. The number of esters is 1. The highest BCUT2D eigenvalue weighted by atomic mass is 127. The Morgan fingerprint density at radius 1 is 1.39 bits per heavy atom. The number of ether oxygens (including phenoxy) is 1. The Balaban J connectivity index is 2.93. The average Bonchev–Trinajstić information content (AvgIpc) is 2.31. The van der Waals surface area contributed by atoms with Gasteiger partial charge in [0.25, 0.3) is 0 Å². The lowest BCUT2D eigenvalue weighted by Gasteiger charge is -2.20. The van der Waals surface area contributed by atoms with Crippen LogP contribution in [0.5, 0.6) is 5.75 Å². The van der Waals surface area contributed by atoms with Crippen molar-refractivity contribution in [1.29, 1.82) is 0 Å². The highest BCUT2D eigenvalue weighted by Crippen LogP contribution is 2.27. The van der Waals surface area contributed by atoms with Gasteiger partial charge in [0.15, 0.2) is 0 Å². The molecular formula is C13H14IO4-. The molecular weight excluding hydrogens is 347 g/mol. The van der Waals surface area contributed by atoms with E-state index in [0.29, 0.717) is 15.7 Å². The van der Waals surface area contributed by atoms with Gasteiger partial charge < -0.3 is 14.6 Å². The standard InChI is InChI=1S/C13H15IO4/c1-4-13(2,3)12(17)18-10-6-5-8(11(15)16)7-9(10)14/h5-7H,4H2,1-3H3,(H,15,16)/p-1. The normalized spacial score (nSPS) is 11.1. The minimum absolute atomic E-state index is 0.0638. The molecule has 0 saturated carbocycles. The first-order valence-corrected chi connectivity index (χ1v) is 6.59. The minimum Gasteiger partial charge on any atom is -0.545 e. The van der Waals surface area contributed by atoms with E-state index in [0.717, 1.165) is 0 Å². The molecule has 5 heteroatoms. The van der Waals surface area contributed by atoms with E-state index in [4.69, 9.17) is 4.74 Å². The molecule has 4 nitrogen and oxygen atoms in total. The summed E-state index contributed by atoms with van der Waals surface area (Å²) in [7, 11) is 0. The number of hydrogen-bond acceptors (Lipinski definition) is 4. The Labute approximate surface area is 119 Å². The first kappa shape index (κ1) is 14.9. The van der Waals surface area contributed by atoms with Crippen LogP contribution in [0, 0.1) is 8.99 Å². The van der Waals surface area contributed by atoms with Gasteiger partial charge in [0.2, 0.25) is 0 Å². The topological polar surface area (TPSA) is 66.4 Å². The molecule has 0 heterocycles. The van der Waals surface area contributed by atoms with Gasteiger partial charge in [-0.15, -0.1) is 0 Å². The minimum atomic E-state index is -1.25. The van der Waals surface area contributed by atoms with Gasteiger partial charge in [-0.3, -0.25) is 4.79 Å². The lowest BCUT2D eigenvalue weighted by atomic mass is 9.91. The molecule has 0 radical (unpaired) electrons. The monoisotopic (exact) mass is 361 g/mol. The number of benzene rings is 1. The van der Waals surface area contributed by atoms with Crippen LogP contribution >= 0.6 is 22.6 Å². The smallest absolute Gasteiger partial charge is 0.316 e. The van der Waals surface area contributed by atoms with Crippen molar-refractivity contribution in [2.45, 2.75) is 27.2 Å². The Hall–Kier alpha value is -1.11. The van der Waals surface area contributed by atoms with Gasteiger partial charge in [0.05, 0.1) is 15.0 Å². The van der Waals surface area contributed by atoms with Crippen molar-refractivity contribution < 1.29 is 19.4 Å². The molecule has 1 rings (SSSR count).